The Labute approximate surface area is 178 Å². The van der Waals surface area contributed by atoms with E-state index in [9.17, 15) is 4.79 Å². The van der Waals surface area contributed by atoms with Crippen molar-refractivity contribution >= 4 is 23.9 Å². The van der Waals surface area contributed by atoms with Crippen molar-refractivity contribution in [2.24, 2.45) is 5.92 Å². The number of nitrogens with one attached hydrogen (secondary N) is 1. The number of nitrogens with zero attached hydrogens (tertiary/aromatic N) is 2. The van der Waals surface area contributed by atoms with Gasteiger partial charge >= 0.3 is 0 Å². The predicted molar refractivity (Wildman–Crippen MR) is 123 cm³/mol. The highest BCUT2D eigenvalue weighted by Crippen LogP contribution is 2.27. The lowest BCUT2D eigenvalue weighted by Crippen LogP contribution is -2.19. The number of anilines is 1. The summed E-state index contributed by atoms with van der Waals surface area (Å²) < 4.78 is 0. The molecule has 0 saturated heterocycles. The van der Waals surface area contributed by atoms with Crippen LogP contribution in [0.3, 0.4) is 0 Å². The average Bonchev–Trinajstić information content (AvgIpc) is 2.80. The second-order valence-electron chi connectivity index (χ2n) is 7.86. The molecule has 1 aliphatic carbocycles. The number of benzene rings is 2. The number of amides is 1. The molecule has 30 heavy (non-hydrogen) atoms. The molecule has 1 fully saturated rings. The molecule has 1 heterocycles. The van der Waals surface area contributed by atoms with Crippen molar-refractivity contribution in [3.63, 3.8) is 0 Å². The average molecular weight is 398 g/mol. The van der Waals surface area contributed by atoms with Crippen LogP contribution in [-0.2, 0) is 4.79 Å². The maximum Gasteiger partial charge on any atom is 0.225 e. The highest BCUT2D eigenvalue weighted by molar-refractivity contribution is 5.92. The smallest absolute Gasteiger partial charge is 0.225 e. The van der Waals surface area contributed by atoms with Gasteiger partial charge in [-0.25, -0.2) is 9.97 Å². The molecule has 4 nitrogen and oxygen atoms in total. The highest BCUT2D eigenvalue weighted by Gasteiger charge is 2.18. The molecule has 2 aromatic carbocycles. The van der Waals surface area contributed by atoms with Crippen LogP contribution in [0, 0.1) is 5.92 Å². The normalized spacial score (nSPS) is 14.7. The van der Waals surface area contributed by atoms with Gasteiger partial charge in [-0.15, -0.1) is 0 Å². The minimum Gasteiger partial charge on any atom is -0.309 e. The Kier molecular flexibility index (Phi) is 6.65. The van der Waals surface area contributed by atoms with Gasteiger partial charge in [0.2, 0.25) is 5.91 Å². The van der Waals surface area contributed by atoms with Crippen molar-refractivity contribution in [1.29, 1.82) is 0 Å². The quantitative estimate of drug-likeness (QED) is 0.537. The molecule has 4 heteroatoms. The van der Waals surface area contributed by atoms with E-state index in [0.29, 0.717) is 23.9 Å². The van der Waals surface area contributed by atoms with E-state index in [2.05, 4.69) is 10.3 Å². The predicted octanol–water partition coefficient (Wildman–Crippen LogP) is 6.22. The summed E-state index contributed by atoms with van der Waals surface area (Å²) in [4.78, 5) is 22.0. The van der Waals surface area contributed by atoms with Crippen LogP contribution in [0.1, 0.15) is 49.8 Å². The molecule has 0 radical (unpaired) electrons. The first-order valence-corrected chi connectivity index (χ1v) is 10.7. The standard InChI is InChI=1S/C26H27N3O/c30-25(18-21-12-6-2-7-13-21)29-26-23(17-16-20-10-4-1-5-11-20)28-24(19-27-26)22-14-8-3-9-15-22/h1,3-5,8-11,14-17,19,21H,2,6-7,12-13,18H2,(H,27,29,30). The van der Waals surface area contributed by atoms with Gasteiger partial charge in [0.05, 0.1) is 11.9 Å². The fourth-order valence-corrected chi connectivity index (χ4v) is 3.94. The second kappa shape index (κ2) is 9.97. The second-order valence-corrected chi connectivity index (χ2v) is 7.86. The van der Waals surface area contributed by atoms with Crippen molar-refractivity contribution in [1.82, 2.24) is 9.97 Å². The van der Waals surface area contributed by atoms with Crippen molar-refractivity contribution < 1.29 is 4.79 Å². The van der Waals surface area contributed by atoms with Crippen molar-refractivity contribution in [2.75, 3.05) is 5.32 Å². The summed E-state index contributed by atoms with van der Waals surface area (Å²) in [5.74, 6) is 1.03. The molecule has 0 spiro atoms. The molecule has 3 aromatic rings. The van der Waals surface area contributed by atoms with Gasteiger partial charge in [-0.2, -0.15) is 0 Å². The number of hydrogen-bond acceptors (Lipinski definition) is 3. The Bertz CT molecular complexity index is 993. The van der Waals surface area contributed by atoms with E-state index in [0.717, 1.165) is 29.7 Å². The van der Waals surface area contributed by atoms with Crippen LogP contribution in [0.25, 0.3) is 23.4 Å². The maximum atomic E-state index is 12.7. The van der Waals surface area contributed by atoms with E-state index in [-0.39, 0.29) is 5.91 Å². The number of rotatable bonds is 6. The van der Waals surface area contributed by atoms with Crippen LogP contribution in [0.4, 0.5) is 5.82 Å². The molecule has 0 aliphatic heterocycles. The largest absolute Gasteiger partial charge is 0.309 e. The zero-order chi connectivity index (χ0) is 20.6. The minimum atomic E-state index is 0.0259. The van der Waals surface area contributed by atoms with Gasteiger partial charge in [-0.1, -0.05) is 86.0 Å². The Morgan fingerprint density at radius 3 is 2.37 bits per heavy atom. The van der Waals surface area contributed by atoms with Crippen LogP contribution in [0.5, 0.6) is 0 Å². The van der Waals surface area contributed by atoms with Gasteiger partial charge in [0.25, 0.3) is 0 Å². The molecule has 152 valence electrons. The summed E-state index contributed by atoms with van der Waals surface area (Å²) in [6.45, 7) is 0. The molecule has 1 N–H and O–H groups in total. The minimum absolute atomic E-state index is 0.0259. The molecule has 0 unspecified atom stereocenters. The summed E-state index contributed by atoms with van der Waals surface area (Å²) in [6.07, 6.45) is 12.2. The molecule has 1 amide bonds. The fourth-order valence-electron chi connectivity index (χ4n) is 3.94. The van der Waals surface area contributed by atoms with Crippen LogP contribution < -0.4 is 5.32 Å². The number of carbonyl (C=O) groups is 1. The van der Waals surface area contributed by atoms with E-state index in [1.54, 1.807) is 6.20 Å². The summed E-state index contributed by atoms with van der Waals surface area (Å²) in [7, 11) is 0. The SMILES string of the molecule is O=C(CC1CCCCC1)Nc1ncc(-c2ccccc2)nc1C=Cc1ccccc1. The first kappa shape index (κ1) is 20.0. The van der Waals surface area contributed by atoms with E-state index in [1.165, 1.54) is 19.3 Å². The van der Waals surface area contributed by atoms with E-state index < -0.39 is 0 Å². The number of aromatic nitrogens is 2. The van der Waals surface area contributed by atoms with Crippen molar-refractivity contribution in [2.45, 2.75) is 38.5 Å². The number of carbonyl (C=O) groups excluding carboxylic acids is 1. The molecule has 4 rings (SSSR count). The lowest BCUT2D eigenvalue weighted by atomic mass is 9.87. The molecule has 1 saturated carbocycles. The highest BCUT2D eigenvalue weighted by atomic mass is 16.1. The van der Waals surface area contributed by atoms with Crippen LogP contribution in [-0.4, -0.2) is 15.9 Å². The molecule has 1 aromatic heterocycles. The molecule has 0 bridgehead atoms. The van der Waals surface area contributed by atoms with E-state index in [4.69, 9.17) is 4.98 Å². The van der Waals surface area contributed by atoms with Gasteiger partial charge in [-0.05, 0) is 30.4 Å². The molecule has 0 atom stereocenters. The van der Waals surface area contributed by atoms with Crippen LogP contribution in [0.2, 0.25) is 0 Å². The summed E-state index contributed by atoms with van der Waals surface area (Å²) in [6, 6.07) is 20.0. The van der Waals surface area contributed by atoms with Gasteiger partial charge < -0.3 is 5.32 Å². The molecule has 1 aliphatic rings. The topological polar surface area (TPSA) is 54.9 Å². The number of hydrogen-bond donors (Lipinski definition) is 1. The van der Waals surface area contributed by atoms with Gasteiger partial charge in [0.15, 0.2) is 5.82 Å². The first-order valence-electron chi connectivity index (χ1n) is 10.7. The lowest BCUT2D eigenvalue weighted by molar-refractivity contribution is -0.117. The summed E-state index contributed by atoms with van der Waals surface area (Å²) in [5, 5.41) is 3.01. The van der Waals surface area contributed by atoms with Gasteiger partial charge in [0, 0.05) is 12.0 Å². The van der Waals surface area contributed by atoms with Gasteiger partial charge in [-0.3, -0.25) is 4.79 Å². The maximum absolute atomic E-state index is 12.7. The third-order valence-corrected chi connectivity index (χ3v) is 5.56. The third-order valence-electron chi connectivity index (χ3n) is 5.56. The lowest BCUT2D eigenvalue weighted by Gasteiger charge is -2.20. The Morgan fingerprint density at radius 1 is 0.933 bits per heavy atom. The molecular weight excluding hydrogens is 370 g/mol. The van der Waals surface area contributed by atoms with E-state index >= 15 is 0 Å². The van der Waals surface area contributed by atoms with Crippen LogP contribution in [0.15, 0.2) is 66.9 Å². The summed E-state index contributed by atoms with van der Waals surface area (Å²) >= 11 is 0. The Morgan fingerprint density at radius 2 is 1.63 bits per heavy atom. The Hall–Kier alpha value is -3.27. The van der Waals surface area contributed by atoms with Crippen molar-refractivity contribution in [3.05, 3.63) is 78.1 Å². The summed E-state index contributed by atoms with van der Waals surface area (Å²) in [5.41, 5.74) is 3.52. The zero-order valence-corrected chi connectivity index (χ0v) is 17.1. The third kappa shape index (κ3) is 5.41. The van der Waals surface area contributed by atoms with Gasteiger partial charge in [0.1, 0.15) is 5.69 Å². The van der Waals surface area contributed by atoms with Crippen LogP contribution >= 0.6 is 0 Å². The van der Waals surface area contributed by atoms with Crippen molar-refractivity contribution in [3.8, 4) is 11.3 Å². The first-order chi connectivity index (χ1) is 14.8. The fraction of sp³-hybridized carbons (Fsp3) is 0.269. The monoisotopic (exact) mass is 397 g/mol. The zero-order valence-electron chi connectivity index (χ0n) is 17.1. The molecular formula is C26H27N3O. The van der Waals surface area contributed by atoms with E-state index in [1.807, 2.05) is 72.8 Å². The Balaban J connectivity index is 1.58.